The van der Waals surface area contributed by atoms with Crippen LogP contribution in [0.25, 0.3) is 0 Å². The van der Waals surface area contributed by atoms with E-state index in [4.69, 9.17) is 9.47 Å². The predicted molar refractivity (Wildman–Crippen MR) is 135 cm³/mol. The molecule has 182 valence electrons. The van der Waals surface area contributed by atoms with E-state index < -0.39 is 5.97 Å². The minimum Gasteiger partial charge on any atom is -0.483 e. The number of aromatic nitrogens is 3. The van der Waals surface area contributed by atoms with Crippen LogP contribution in [0, 0.1) is 0 Å². The van der Waals surface area contributed by atoms with Crippen molar-refractivity contribution in [3.8, 4) is 5.75 Å². The molecule has 1 atom stereocenters. The van der Waals surface area contributed by atoms with Crippen molar-refractivity contribution in [3.63, 3.8) is 0 Å². The van der Waals surface area contributed by atoms with Gasteiger partial charge in [0.15, 0.2) is 17.1 Å². The molecule has 2 heterocycles. The molecular formula is C24H30N4O4S2. The van der Waals surface area contributed by atoms with Crippen molar-refractivity contribution < 1.29 is 19.1 Å². The lowest BCUT2D eigenvalue weighted by Crippen LogP contribution is -2.16. The largest absolute Gasteiger partial charge is 0.483 e. The fraction of sp³-hybridized carbons (Fsp3) is 0.417. The van der Waals surface area contributed by atoms with Crippen molar-refractivity contribution in [2.45, 2.75) is 58.3 Å². The van der Waals surface area contributed by atoms with Gasteiger partial charge in [-0.05, 0) is 50.5 Å². The Bertz CT molecular complexity index is 1120. The predicted octanol–water partition coefficient (Wildman–Crippen LogP) is 5.14. The Morgan fingerprint density at radius 3 is 2.50 bits per heavy atom. The van der Waals surface area contributed by atoms with Gasteiger partial charge < -0.3 is 19.4 Å². The van der Waals surface area contributed by atoms with Crippen LogP contribution in [0.3, 0.4) is 0 Å². The van der Waals surface area contributed by atoms with Gasteiger partial charge in [0.2, 0.25) is 5.91 Å². The summed E-state index contributed by atoms with van der Waals surface area (Å²) in [5.41, 5.74) is 1.63. The topological polar surface area (TPSA) is 95.3 Å². The normalized spacial score (nSPS) is 11.8. The number of ether oxygens (including phenoxy) is 2. The number of thioether (sulfide) groups is 1. The molecule has 3 rings (SSSR count). The smallest absolute Gasteiger partial charge is 0.340 e. The molecule has 0 fully saturated rings. The molecule has 8 nitrogen and oxygen atoms in total. The number of nitrogens with one attached hydrogen (secondary N) is 1. The highest BCUT2D eigenvalue weighted by Gasteiger charge is 2.21. The summed E-state index contributed by atoms with van der Waals surface area (Å²) >= 11 is 2.67. The molecule has 2 aromatic heterocycles. The second-order valence-corrected chi connectivity index (χ2v) is 9.56. The van der Waals surface area contributed by atoms with Crippen LogP contribution >= 0.6 is 23.1 Å². The summed E-state index contributed by atoms with van der Waals surface area (Å²) in [6, 6.07) is 9.78. The van der Waals surface area contributed by atoms with Crippen LogP contribution < -0.4 is 10.1 Å². The minimum atomic E-state index is -0.465. The van der Waals surface area contributed by atoms with Crippen molar-refractivity contribution in [2.24, 2.45) is 0 Å². The summed E-state index contributed by atoms with van der Waals surface area (Å²) in [6.07, 6.45) is 1.44. The monoisotopic (exact) mass is 502 g/mol. The number of methoxy groups -OCH3 is 1. The zero-order valence-electron chi connectivity index (χ0n) is 20.1. The van der Waals surface area contributed by atoms with Crippen LogP contribution in [0.5, 0.6) is 5.75 Å². The first-order chi connectivity index (χ1) is 16.4. The van der Waals surface area contributed by atoms with E-state index in [2.05, 4.69) is 34.6 Å². The van der Waals surface area contributed by atoms with Gasteiger partial charge in [-0.2, -0.15) is 0 Å². The maximum absolute atomic E-state index is 12.6. The van der Waals surface area contributed by atoms with Crippen LogP contribution in [-0.2, 0) is 28.9 Å². The van der Waals surface area contributed by atoms with E-state index >= 15 is 0 Å². The molecule has 0 saturated heterocycles. The Balaban J connectivity index is 1.65. The molecular weight excluding hydrogens is 472 g/mol. The molecule has 1 N–H and O–H groups in total. The summed E-state index contributed by atoms with van der Waals surface area (Å²) in [5.74, 6) is 0.905. The Labute approximate surface area is 208 Å². The molecule has 0 spiro atoms. The Morgan fingerprint density at radius 1 is 1.15 bits per heavy atom. The van der Waals surface area contributed by atoms with E-state index in [0.717, 1.165) is 23.5 Å². The number of rotatable bonds is 11. The SMILES string of the molecule is CCc1ccc(OC(C)c2nnc(SCC(=O)Nc3sc(CC)cc3C(=O)OC)n2CC)cc1. The van der Waals surface area contributed by atoms with Crippen molar-refractivity contribution in [1.29, 1.82) is 0 Å². The molecule has 10 heteroatoms. The summed E-state index contributed by atoms with van der Waals surface area (Å²) in [5, 5.41) is 12.6. The van der Waals surface area contributed by atoms with E-state index in [0.29, 0.717) is 28.1 Å². The Kier molecular flexibility index (Phi) is 9.12. The summed E-state index contributed by atoms with van der Waals surface area (Å²) in [7, 11) is 1.33. The molecule has 0 aliphatic rings. The number of anilines is 1. The molecule has 34 heavy (non-hydrogen) atoms. The number of aryl methyl sites for hydroxylation is 2. The van der Waals surface area contributed by atoms with E-state index in [1.165, 1.54) is 35.8 Å². The number of carbonyl (C=O) groups is 2. The average molecular weight is 503 g/mol. The summed E-state index contributed by atoms with van der Waals surface area (Å²) < 4.78 is 12.8. The second-order valence-electron chi connectivity index (χ2n) is 7.48. The van der Waals surface area contributed by atoms with Gasteiger partial charge in [-0.25, -0.2) is 4.79 Å². The lowest BCUT2D eigenvalue weighted by Gasteiger charge is -2.16. The van der Waals surface area contributed by atoms with Crippen LogP contribution in [0.4, 0.5) is 5.00 Å². The molecule has 0 bridgehead atoms. The Morgan fingerprint density at radius 2 is 1.88 bits per heavy atom. The standard InChI is InChI=1S/C24H30N4O4S2/c1-6-16-9-11-17(12-10-16)32-15(4)21-26-27-24(28(21)8-3)33-14-20(29)25-22-19(23(30)31-5)13-18(7-2)34-22/h9-13,15H,6-8,14H2,1-5H3,(H,25,29). The van der Waals surface area contributed by atoms with Crippen LogP contribution in [-0.4, -0.2) is 39.5 Å². The quantitative estimate of drug-likeness (QED) is 0.286. The maximum Gasteiger partial charge on any atom is 0.340 e. The lowest BCUT2D eigenvalue weighted by molar-refractivity contribution is -0.113. The maximum atomic E-state index is 12.6. The first-order valence-corrected chi connectivity index (χ1v) is 13.0. The molecule has 0 aliphatic heterocycles. The van der Waals surface area contributed by atoms with Gasteiger partial charge in [0.05, 0.1) is 18.4 Å². The first-order valence-electron chi connectivity index (χ1n) is 11.2. The van der Waals surface area contributed by atoms with Gasteiger partial charge >= 0.3 is 5.97 Å². The number of benzene rings is 1. The fourth-order valence-electron chi connectivity index (χ4n) is 3.33. The molecule has 0 aliphatic carbocycles. The highest BCUT2D eigenvalue weighted by molar-refractivity contribution is 7.99. The highest BCUT2D eigenvalue weighted by atomic mass is 32.2. The van der Waals surface area contributed by atoms with E-state index in [1.54, 1.807) is 6.07 Å². The van der Waals surface area contributed by atoms with E-state index in [1.807, 2.05) is 37.5 Å². The minimum absolute atomic E-state index is 0.131. The van der Waals surface area contributed by atoms with Crippen molar-refractivity contribution in [2.75, 3.05) is 18.2 Å². The number of esters is 1. The third kappa shape index (κ3) is 6.18. The lowest BCUT2D eigenvalue weighted by atomic mass is 10.2. The average Bonchev–Trinajstić information content (AvgIpc) is 3.46. The highest BCUT2D eigenvalue weighted by Crippen LogP contribution is 2.30. The third-order valence-corrected chi connectivity index (χ3v) is 7.35. The van der Waals surface area contributed by atoms with Crippen molar-refractivity contribution >= 4 is 40.0 Å². The van der Waals surface area contributed by atoms with Crippen LogP contribution in [0.15, 0.2) is 35.5 Å². The van der Waals surface area contributed by atoms with Crippen LogP contribution in [0.1, 0.15) is 60.4 Å². The first kappa shape index (κ1) is 25.8. The van der Waals surface area contributed by atoms with Gasteiger partial charge in [-0.3, -0.25) is 4.79 Å². The van der Waals surface area contributed by atoms with E-state index in [9.17, 15) is 9.59 Å². The summed E-state index contributed by atoms with van der Waals surface area (Å²) in [6.45, 7) is 8.69. The molecule has 1 unspecified atom stereocenters. The molecule has 1 amide bonds. The molecule has 0 radical (unpaired) electrons. The second kappa shape index (κ2) is 12.0. The number of amides is 1. The fourth-order valence-corrected chi connectivity index (χ4v) is 5.14. The van der Waals surface area contributed by atoms with Gasteiger partial charge in [0.1, 0.15) is 10.8 Å². The van der Waals surface area contributed by atoms with Gasteiger partial charge in [0, 0.05) is 11.4 Å². The summed E-state index contributed by atoms with van der Waals surface area (Å²) in [4.78, 5) is 25.6. The molecule has 0 saturated carbocycles. The zero-order chi connectivity index (χ0) is 24.7. The van der Waals surface area contributed by atoms with Gasteiger partial charge in [-0.1, -0.05) is 37.7 Å². The molecule has 1 aromatic carbocycles. The van der Waals surface area contributed by atoms with Crippen LogP contribution in [0.2, 0.25) is 0 Å². The number of thiophene rings is 1. The van der Waals surface area contributed by atoms with Gasteiger partial charge in [-0.15, -0.1) is 21.5 Å². The Hall–Kier alpha value is -2.85. The van der Waals surface area contributed by atoms with Gasteiger partial charge in [0.25, 0.3) is 0 Å². The number of nitrogens with zero attached hydrogens (tertiary/aromatic N) is 3. The van der Waals surface area contributed by atoms with Crippen molar-refractivity contribution in [1.82, 2.24) is 14.8 Å². The number of hydrogen-bond acceptors (Lipinski definition) is 8. The number of hydrogen-bond donors (Lipinski definition) is 1. The molecule has 3 aromatic rings. The van der Waals surface area contributed by atoms with E-state index in [-0.39, 0.29) is 17.8 Å². The number of carbonyl (C=O) groups excluding carboxylic acids is 2. The van der Waals surface area contributed by atoms with Crippen molar-refractivity contribution in [3.05, 3.63) is 52.2 Å². The zero-order valence-corrected chi connectivity index (χ0v) is 21.7. The third-order valence-electron chi connectivity index (χ3n) is 5.19.